The first-order valence-electron chi connectivity index (χ1n) is 6.53. The van der Waals surface area contributed by atoms with Crippen molar-refractivity contribution in [2.75, 3.05) is 13.7 Å². The van der Waals surface area contributed by atoms with E-state index >= 15 is 0 Å². The zero-order valence-corrected chi connectivity index (χ0v) is 11.5. The maximum atomic E-state index is 12.3. The van der Waals surface area contributed by atoms with E-state index in [2.05, 4.69) is 0 Å². The Labute approximate surface area is 122 Å². The van der Waals surface area contributed by atoms with Crippen LogP contribution in [-0.2, 0) is 0 Å². The maximum Gasteiger partial charge on any atom is 0.189 e. The summed E-state index contributed by atoms with van der Waals surface area (Å²) in [6.45, 7) is 0.363. The predicted octanol–water partition coefficient (Wildman–Crippen LogP) is 3.06. The Morgan fingerprint density at radius 3 is 2.86 bits per heavy atom. The molecule has 0 aromatic heterocycles. The average molecular weight is 282 g/mol. The van der Waals surface area contributed by atoms with Crippen molar-refractivity contribution in [3.63, 3.8) is 0 Å². The summed E-state index contributed by atoms with van der Waals surface area (Å²) in [4.78, 5) is 12.3. The average Bonchev–Trinajstić information content (AvgIpc) is 2.90. The van der Waals surface area contributed by atoms with Crippen LogP contribution in [0, 0.1) is 0 Å². The minimum Gasteiger partial charge on any atom is -0.507 e. The van der Waals surface area contributed by atoms with Crippen molar-refractivity contribution in [2.45, 2.75) is 0 Å². The number of aromatic hydroxyl groups is 1. The third-order valence-corrected chi connectivity index (χ3v) is 3.39. The van der Waals surface area contributed by atoms with Crippen LogP contribution in [0.25, 0.3) is 5.57 Å². The molecule has 3 rings (SSSR count). The number of hydrogen-bond donors (Lipinski definition) is 1. The Morgan fingerprint density at radius 1 is 1.29 bits per heavy atom. The van der Waals surface area contributed by atoms with Crippen molar-refractivity contribution < 1.29 is 19.4 Å². The topological polar surface area (TPSA) is 55.8 Å². The zero-order valence-electron chi connectivity index (χ0n) is 11.5. The van der Waals surface area contributed by atoms with Crippen LogP contribution < -0.4 is 9.47 Å². The number of fused-ring (bicyclic) bond motifs is 1. The summed E-state index contributed by atoms with van der Waals surface area (Å²) < 4.78 is 10.5. The number of benzene rings is 2. The number of hydrogen-bond acceptors (Lipinski definition) is 4. The van der Waals surface area contributed by atoms with Gasteiger partial charge in [-0.25, -0.2) is 0 Å². The number of carbonyl (C=O) groups excluding carboxylic acids is 1. The van der Waals surface area contributed by atoms with Crippen molar-refractivity contribution in [2.24, 2.45) is 0 Å². The van der Waals surface area contributed by atoms with E-state index in [1.54, 1.807) is 12.1 Å². The van der Waals surface area contributed by atoms with Gasteiger partial charge in [0, 0.05) is 17.2 Å². The summed E-state index contributed by atoms with van der Waals surface area (Å²) in [5, 5.41) is 9.90. The monoisotopic (exact) mass is 282 g/mol. The highest BCUT2D eigenvalue weighted by Crippen LogP contribution is 2.33. The molecule has 0 saturated heterocycles. The number of phenols is 1. The van der Waals surface area contributed by atoms with Gasteiger partial charge in [0.1, 0.15) is 23.9 Å². The van der Waals surface area contributed by atoms with Crippen LogP contribution in [0.3, 0.4) is 0 Å². The van der Waals surface area contributed by atoms with Gasteiger partial charge in [0.05, 0.1) is 12.7 Å². The van der Waals surface area contributed by atoms with E-state index in [0.717, 1.165) is 16.9 Å². The molecule has 0 radical (unpaired) electrons. The van der Waals surface area contributed by atoms with Crippen LogP contribution in [0.1, 0.15) is 15.9 Å². The Bertz CT molecular complexity index is 731. The number of methoxy groups -OCH3 is 1. The summed E-state index contributed by atoms with van der Waals surface area (Å²) in [5.41, 5.74) is 1.97. The number of rotatable bonds is 3. The molecule has 4 nitrogen and oxygen atoms in total. The second-order valence-electron chi connectivity index (χ2n) is 4.70. The van der Waals surface area contributed by atoms with E-state index in [4.69, 9.17) is 9.47 Å². The van der Waals surface area contributed by atoms with E-state index in [-0.39, 0.29) is 17.1 Å². The lowest BCUT2D eigenvalue weighted by Gasteiger charge is -2.04. The van der Waals surface area contributed by atoms with Crippen molar-refractivity contribution in [3.8, 4) is 17.2 Å². The van der Waals surface area contributed by atoms with Gasteiger partial charge in [-0.1, -0.05) is 18.2 Å². The summed E-state index contributed by atoms with van der Waals surface area (Å²) in [6.07, 6.45) is 1.51. The lowest BCUT2D eigenvalue weighted by Crippen LogP contribution is -1.98. The van der Waals surface area contributed by atoms with Crippen LogP contribution >= 0.6 is 0 Å². The molecule has 1 heterocycles. The van der Waals surface area contributed by atoms with Crippen molar-refractivity contribution in [3.05, 3.63) is 59.7 Å². The molecule has 1 aliphatic rings. The molecule has 0 bridgehead atoms. The molecule has 0 spiro atoms. The molecule has 0 aliphatic carbocycles. The summed E-state index contributed by atoms with van der Waals surface area (Å²) >= 11 is 0. The van der Waals surface area contributed by atoms with Gasteiger partial charge in [-0.2, -0.15) is 0 Å². The van der Waals surface area contributed by atoms with Crippen molar-refractivity contribution in [1.29, 1.82) is 0 Å². The highest BCUT2D eigenvalue weighted by atomic mass is 16.5. The molecule has 2 aromatic rings. The van der Waals surface area contributed by atoms with Crippen molar-refractivity contribution in [1.82, 2.24) is 0 Å². The standard InChI is InChI=1S/C17H14O4/c1-20-12-6-7-14(16(19)9-12)15(18)8-11-10-21-17-5-3-2-4-13(11)17/h2-9,19H,10H2,1H3/b11-8+. The van der Waals surface area contributed by atoms with Gasteiger partial charge >= 0.3 is 0 Å². The number of allylic oxidation sites excluding steroid dienone is 1. The van der Waals surface area contributed by atoms with E-state index < -0.39 is 0 Å². The fourth-order valence-corrected chi connectivity index (χ4v) is 2.29. The number of ether oxygens (including phenoxy) is 2. The summed E-state index contributed by atoms with van der Waals surface area (Å²) in [5.74, 6) is 0.926. The molecule has 0 amide bonds. The molecular weight excluding hydrogens is 268 g/mol. The first-order chi connectivity index (χ1) is 10.2. The summed E-state index contributed by atoms with van der Waals surface area (Å²) in [6, 6.07) is 12.2. The van der Waals surface area contributed by atoms with Crippen LogP contribution in [0.5, 0.6) is 17.2 Å². The third-order valence-electron chi connectivity index (χ3n) is 3.39. The molecule has 1 aliphatic heterocycles. The van der Waals surface area contributed by atoms with Gasteiger partial charge in [-0.15, -0.1) is 0 Å². The number of phenolic OH excluding ortho intramolecular Hbond substituents is 1. The molecule has 0 atom stereocenters. The molecule has 21 heavy (non-hydrogen) atoms. The highest BCUT2D eigenvalue weighted by molar-refractivity contribution is 6.10. The Kier molecular flexibility index (Phi) is 3.36. The van der Waals surface area contributed by atoms with Crippen LogP contribution in [0.4, 0.5) is 0 Å². The van der Waals surface area contributed by atoms with Crippen LogP contribution in [-0.4, -0.2) is 24.6 Å². The number of para-hydroxylation sites is 1. The second-order valence-corrected chi connectivity index (χ2v) is 4.70. The minimum atomic E-state index is -0.259. The van der Waals surface area contributed by atoms with Crippen molar-refractivity contribution >= 4 is 11.4 Å². The summed E-state index contributed by atoms with van der Waals surface area (Å²) in [7, 11) is 1.51. The molecule has 0 saturated carbocycles. The van der Waals surface area contributed by atoms with Crippen LogP contribution in [0.2, 0.25) is 0 Å². The van der Waals surface area contributed by atoms with E-state index in [9.17, 15) is 9.90 Å². The second kappa shape index (κ2) is 5.32. The van der Waals surface area contributed by atoms with E-state index in [0.29, 0.717) is 12.4 Å². The van der Waals surface area contributed by atoms with E-state index in [1.165, 1.54) is 19.3 Å². The maximum absolute atomic E-state index is 12.3. The van der Waals surface area contributed by atoms with Gasteiger partial charge in [0.15, 0.2) is 5.78 Å². The molecule has 106 valence electrons. The molecule has 0 unspecified atom stereocenters. The van der Waals surface area contributed by atoms with Crippen LogP contribution in [0.15, 0.2) is 48.5 Å². The lowest BCUT2D eigenvalue weighted by molar-refractivity contribution is 0.104. The predicted molar refractivity (Wildman–Crippen MR) is 78.9 cm³/mol. The first-order valence-corrected chi connectivity index (χ1v) is 6.53. The fraction of sp³-hybridized carbons (Fsp3) is 0.118. The largest absolute Gasteiger partial charge is 0.507 e. The highest BCUT2D eigenvalue weighted by Gasteiger charge is 2.19. The molecule has 4 heteroatoms. The molecule has 0 fully saturated rings. The van der Waals surface area contributed by atoms with Gasteiger partial charge < -0.3 is 14.6 Å². The van der Waals surface area contributed by atoms with Gasteiger partial charge in [-0.05, 0) is 24.3 Å². The molecule has 2 aromatic carbocycles. The zero-order chi connectivity index (χ0) is 14.8. The molecular formula is C17H14O4. The van der Waals surface area contributed by atoms with E-state index in [1.807, 2.05) is 24.3 Å². The third kappa shape index (κ3) is 2.48. The van der Waals surface area contributed by atoms with Gasteiger partial charge in [0.25, 0.3) is 0 Å². The SMILES string of the molecule is COc1ccc(C(=O)/C=C2\COc3ccccc32)c(O)c1. The Morgan fingerprint density at radius 2 is 2.10 bits per heavy atom. The van der Waals surface area contributed by atoms with Gasteiger partial charge in [0.2, 0.25) is 0 Å². The Hall–Kier alpha value is -2.75. The fourth-order valence-electron chi connectivity index (χ4n) is 2.29. The quantitative estimate of drug-likeness (QED) is 0.694. The number of ketones is 1. The lowest BCUT2D eigenvalue weighted by atomic mass is 10.0. The number of carbonyl (C=O) groups is 1. The Balaban J connectivity index is 1.92. The minimum absolute atomic E-state index is 0.0941. The molecule has 1 N–H and O–H groups in total. The normalized spacial score (nSPS) is 14.6. The smallest absolute Gasteiger partial charge is 0.189 e. The van der Waals surface area contributed by atoms with Gasteiger partial charge in [-0.3, -0.25) is 4.79 Å². The first kappa shape index (κ1) is 13.2.